The van der Waals surface area contributed by atoms with Crippen LogP contribution in [0.25, 0.3) is 0 Å². The molecule has 0 amide bonds. The number of hydrogen-bond acceptors (Lipinski definition) is 5. The van der Waals surface area contributed by atoms with Gasteiger partial charge in [-0.05, 0) is 11.1 Å². The van der Waals surface area contributed by atoms with Gasteiger partial charge in [0.2, 0.25) is 5.95 Å². The first-order chi connectivity index (χ1) is 11.7. The zero-order valence-electron chi connectivity index (χ0n) is 13.2. The van der Waals surface area contributed by atoms with Crippen LogP contribution in [0, 0.1) is 0 Å². The summed E-state index contributed by atoms with van der Waals surface area (Å²) in [5.74, 6) is 0.0291. The van der Waals surface area contributed by atoms with Gasteiger partial charge in [-0.1, -0.05) is 60.7 Å². The van der Waals surface area contributed by atoms with Gasteiger partial charge in [0, 0.05) is 19.6 Å². The average Bonchev–Trinajstić information content (AvgIpc) is 2.59. The molecule has 1 heterocycles. The van der Waals surface area contributed by atoms with Crippen LogP contribution in [-0.2, 0) is 19.6 Å². The third-order valence-electron chi connectivity index (χ3n) is 3.65. The highest BCUT2D eigenvalue weighted by molar-refractivity contribution is 5.18. The van der Waals surface area contributed by atoms with Crippen LogP contribution in [0.1, 0.15) is 16.8 Å². The first-order valence-electron chi connectivity index (χ1n) is 7.72. The summed E-state index contributed by atoms with van der Waals surface area (Å²) in [6.45, 7) is 1.81. The molecule has 0 fully saturated rings. The Morgan fingerprint density at radius 2 is 1.38 bits per heavy atom. The van der Waals surface area contributed by atoms with Gasteiger partial charge < -0.3 is 5.73 Å². The van der Waals surface area contributed by atoms with Gasteiger partial charge in [-0.2, -0.15) is 0 Å². The number of aromatic amines is 1. The van der Waals surface area contributed by atoms with Gasteiger partial charge in [0.1, 0.15) is 5.69 Å². The zero-order chi connectivity index (χ0) is 16.8. The largest absolute Gasteiger partial charge is 0.368 e. The van der Waals surface area contributed by atoms with Crippen LogP contribution in [0.5, 0.6) is 0 Å². The van der Waals surface area contributed by atoms with Crippen LogP contribution in [0.4, 0.5) is 5.95 Å². The van der Waals surface area contributed by atoms with E-state index in [0.29, 0.717) is 25.3 Å². The summed E-state index contributed by atoms with van der Waals surface area (Å²) in [4.78, 5) is 16.7. The summed E-state index contributed by atoms with van der Waals surface area (Å²) in [5, 5.41) is 7.69. The van der Waals surface area contributed by atoms with Crippen molar-refractivity contribution in [3.05, 3.63) is 87.8 Å². The van der Waals surface area contributed by atoms with Gasteiger partial charge in [0.05, 0.1) is 0 Å². The van der Waals surface area contributed by atoms with E-state index in [1.165, 1.54) is 11.1 Å². The molecule has 0 saturated carbocycles. The van der Waals surface area contributed by atoms with Crippen molar-refractivity contribution in [2.24, 2.45) is 0 Å². The molecule has 1 aromatic heterocycles. The van der Waals surface area contributed by atoms with E-state index in [2.05, 4.69) is 44.3 Å². The molecule has 0 unspecified atom stereocenters. The molecule has 0 radical (unpaired) electrons. The Hall–Kier alpha value is -2.99. The van der Waals surface area contributed by atoms with E-state index in [0.717, 1.165) is 0 Å². The molecule has 0 bridgehead atoms. The van der Waals surface area contributed by atoms with Crippen LogP contribution in [-0.4, -0.2) is 20.1 Å². The summed E-state index contributed by atoms with van der Waals surface area (Å²) >= 11 is 0. The Morgan fingerprint density at radius 3 is 1.88 bits per heavy atom. The normalized spacial score (nSPS) is 10.9. The van der Waals surface area contributed by atoms with Crippen LogP contribution < -0.4 is 11.3 Å². The second-order valence-electron chi connectivity index (χ2n) is 5.60. The van der Waals surface area contributed by atoms with E-state index in [9.17, 15) is 4.79 Å². The number of nitrogens with zero attached hydrogens (tertiary/aromatic N) is 3. The molecule has 0 saturated heterocycles. The van der Waals surface area contributed by atoms with Gasteiger partial charge in [-0.3, -0.25) is 14.7 Å². The molecule has 6 nitrogen and oxygen atoms in total. The Labute approximate surface area is 140 Å². The Bertz CT molecular complexity index is 791. The van der Waals surface area contributed by atoms with Gasteiger partial charge in [0.15, 0.2) is 0 Å². The molecule has 0 atom stereocenters. The molecular weight excluding hydrogens is 302 g/mol. The second kappa shape index (κ2) is 7.52. The van der Waals surface area contributed by atoms with Crippen molar-refractivity contribution in [2.45, 2.75) is 19.6 Å². The lowest BCUT2D eigenvalue weighted by Gasteiger charge is -2.21. The third kappa shape index (κ3) is 4.27. The fourth-order valence-electron chi connectivity index (χ4n) is 2.54. The molecule has 2 aromatic carbocycles. The summed E-state index contributed by atoms with van der Waals surface area (Å²) < 4.78 is 0. The summed E-state index contributed by atoms with van der Waals surface area (Å²) in [6, 6.07) is 20.3. The molecule has 3 N–H and O–H groups in total. The van der Waals surface area contributed by atoms with Crippen LogP contribution in [0.2, 0.25) is 0 Å². The topological polar surface area (TPSA) is 87.9 Å². The maximum atomic E-state index is 12.0. The highest BCUT2D eigenvalue weighted by Crippen LogP contribution is 2.12. The lowest BCUT2D eigenvalue weighted by Crippen LogP contribution is -2.28. The predicted octanol–water partition coefficient (Wildman–Crippen LogP) is 1.95. The molecule has 0 aliphatic heterocycles. The van der Waals surface area contributed by atoms with Crippen molar-refractivity contribution in [3.63, 3.8) is 0 Å². The number of benzene rings is 2. The maximum absolute atomic E-state index is 12.0. The van der Waals surface area contributed by atoms with Crippen molar-refractivity contribution in [1.82, 2.24) is 20.1 Å². The minimum atomic E-state index is -0.298. The number of aromatic nitrogens is 3. The summed E-state index contributed by atoms with van der Waals surface area (Å²) in [5.41, 5.74) is 7.87. The van der Waals surface area contributed by atoms with E-state index in [1.807, 2.05) is 36.4 Å². The number of anilines is 1. The van der Waals surface area contributed by atoms with Crippen molar-refractivity contribution in [3.8, 4) is 0 Å². The number of nitrogen functional groups attached to an aromatic ring is 1. The standard InChI is InChI=1S/C18H19N5O/c19-18-20-17(24)16(21-22-18)13-23(11-14-7-3-1-4-8-14)12-15-9-5-2-6-10-15/h1-10H,11-13H2,(H3,19,20,22,24). The zero-order valence-corrected chi connectivity index (χ0v) is 13.2. The summed E-state index contributed by atoms with van der Waals surface area (Å²) in [7, 11) is 0. The number of nitrogens with one attached hydrogen (secondary N) is 1. The molecule has 3 aromatic rings. The predicted molar refractivity (Wildman–Crippen MR) is 92.9 cm³/mol. The molecule has 3 rings (SSSR count). The van der Waals surface area contributed by atoms with Gasteiger partial charge in [-0.25, -0.2) is 0 Å². The van der Waals surface area contributed by atoms with Gasteiger partial charge in [-0.15, -0.1) is 10.2 Å². The van der Waals surface area contributed by atoms with Crippen molar-refractivity contribution < 1.29 is 0 Å². The SMILES string of the molecule is Nc1nnc(CN(Cc2ccccc2)Cc2ccccc2)c(=O)[nH]1. The Kier molecular flexibility index (Phi) is 4.98. The lowest BCUT2D eigenvalue weighted by molar-refractivity contribution is 0.242. The third-order valence-corrected chi connectivity index (χ3v) is 3.65. The molecular formula is C18H19N5O. The van der Waals surface area contributed by atoms with Crippen LogP contribution in [0.3, 0.4) is 0 Å². The second-order valence-corrected chi connectivity index (χ2v) is 5.60. The number of H-pyrrole nitrogens is 1. The lowest BCUT2D eigenvalue weighted by atomic mass is 10.1. The monoisotopic (exact) mass is 321 g/mol. The first kappa shape index (κ1) is 15.9. The quantitative estimate of drug-likeness (QED) is 0.724. The van der Waals surface area contributed by atoms with Crippen molar-refractivity contribution in [1.29, 1.82) is 0 Å². The molecule has 0 spiro atoms. The van der Waals surface area contributed by atoms with Gasteiger partial charge >= 0.3 is 0 Å². The van der Waals surface area contributed by atoms with E-state index in [1.54, 1.807) is 0 Å². The number of hydrogen-bond donors (Lipinski definition) is 2. The first-order valence-corrected chi connectivity index (χ1v) is 7.72. The van der Waals surface area contributed by atoms with Crippen molar-refractivity contribution in [2.75, 3.05) is 5.73 Å². The van der Waals surface area contributed by atoms with E-state index in [4.69, 9.17) is 5.73 Å². The van der Waals surface area contributed by atoms with Crippen LogP contribution in [0.15, 0.2) is 65.5 Å². The molecule has 24 heavy (non-hydrogen) atoms. The van der Waals surface area contributed by atoms with Crippen molar-refractivity contribution >= 4 is 5.95 Å². The minimum Gasteiger partial charge on any atom is -0.368 e. The molecule has 0 aliphatic carbocycles. The summed E-state index contributed by atoms with van der Waals surface area (Å²) in [6.07, 6.45) is 0. The Morgan fingerprint density at radius 1 is 0.833 bits per heavy atom. The Balaban J connectivity index is 1.82. The highest BCUT2D eigenvalue weighted by Gasteiger charge is 2.12. The molecule has 122 valence electrons. The maximum Gasteiger partial charge on any atom is 0.275 e. The number of nitrogens with two attached hydrogens (primary N) is 1. The highest BCUT2D eigenvalue weighted by atomic mass is 16.1. The van der Waals surface area contributed by atoms with E-state index in [-0.39, 0.29) is 11.5 Å². The van der Waals surface area contributed by atoms with Crippen LogP contribution >= 0.6 is 0 Å². The molecule has 0 aliphatic rings. The fraction of sp³-hybridized carbons (Fsp3) is 0.167. The van der Waals surface area contributed by atoms with Gasteiger partial charge in [0.25, 0.3) is 5.56 Å². The van der Waals surface area contributed by atoms with E-state index >= 15 is 0 Å². The average molecular weight is 321 g/mol. The fourth-order valence-corrected chi connectivity index (χ4v) is 2.54. The molecule has 6 heteroatoms. The van der Waals surface area contributed by atoms with E-state index < -0.39 is 0 Å². The smallest absolute Gasteiger partial charge is 0.275 e. The minimum absolute atomic E-state index is 0.0291. The number of rotatable bonds is 6.